The van der Waals surface area contributed by atoms with Crippen LogP contribution in [0.15, 0.2) is 12.4 Å². The van der Waals surface area contributed by atoms with Crippen LogP contribution in [0.25, 0.3) is 0 Å². The molecule has 1 aromatic rings. The van der Waals surface area contributed by atoms with Crippen LogP contribution in [0.1, 0.15) is 15.9 Å². The molecule has 5 heteroatoms. The van der Waals surface area contributed by atoms with Crippen LogP contribution in [-0.2, 0) is 4.74 Å². The lowest BCUT2D eigenvalue weighted by Gasteiger charge is -2.02. The molecule has 0 saturated heterocycles. The molecule has 0 aliphatic rings. The zero-order valence-electron chi connectivity index (χ0n) is 6.74. The molecule has 0 spiro atoms. The van der Waals surface area contributed by atoms with Crippen molar-refractivity contribution >= 4 is 17.6 Å². The number of nitriles is 1. The molecular weight excluding hydrogens is 192 g/mol. The third-order valence-corrected chi connectivity index (χ3v) is 1.70. The van der Waals surface area contributed by atoms with Gasteiger partial charge in [0.05, 0.1) is 23.3 Å². The van der Waals surface area contributed by atoms with Gasteiger partial charge in [-0.1, -0.05) is 11.6 Å². The van der Waals surface area contributed by atoms with Gasteiger partial charge < -0.3 is 4.74 Å². The second-order valence-corrected chi connectivity index (χ2v) is 2.55. The highest BCUT2D eigenvalue weighted by molar-refractivity contribution is 6.33. The molecule has 13 heavy (non-hydrogen) atoms. The summed E-state index contributed by atoms with van der Waals surface area (Å²) < 4.78 is 4.46. The van der Waals surface area contributed by atoms with E-state index in [0.29, 0.717) is 0 Å². The lowest BCUT2D eigenvalue weighted by molar-refractivity contribution is 0.0600. The molecule has 1 rings (SSSR count). The first-order chi connectivity index (χ1) is 6.20. The number of esters is 1. The Hall–Kier alpha value is -1.60. The Morgan fingerprint density at radius 2 is 2.38 bits per heavy atom. The fourth-order valence-corrected chi connectivity index (χ4v) is 1.06. The quantitative estimate of drug-likeness (QED) is 0.637. The number of ether oxygens (including phenoxy) is 1. The Bertz CT molecular complexity index is 384. The number of nitrogens with zero attached hydrogens (tertiary/aromatic N) is 2. The maximum Gasteiger partial charge on any atom is 0.340 e. The van der Waals surface area contributed by atoms with Crippen LogP contribution in [0.5, 0.6) is 0 Å². The maximum absolute atomic E-state index is 11.1. The summed E-state index contributed by atoms with van der Waals surface area (Å²) in [6, 6.07) is 1.80. The fourth-order valence-electron chi connectivity index (χ4n) is 0.829. The Morgan fingerprint density at radius 3 is 2.92 bits per heavy atom. The van der Waals surface area contributed by atoms with E-state index in [-0.39, 0.29) is 16.1 Å². The van der Waals surface area contributed by atoms with Crippen LogP contribution < -0.4 is 0 Å². The first-order valence-electron chi connectivity index (χ1n) is 3.32. The topological polar surface area (TPSA) is 63.0 Å². The van der Waals surface area contributed by atoms with E-state index in [0.717, 1.165) is 0 Å². The number of rotatable bonds is 1. The molecule has 0 radical (unpaired) electrons. The summed E-state index contributed by atoms with van der Waals surface area (Å²) in [5.74, 6) is -0.635. The van der Waals surface area contributed by atoms with Gasteiger partial charge in [0.15, 0.2) is 0 Å². The second kappa shape index (κ2) is 3.87. The fraction of sp³-hybridized carbons (Fsp3) is 0.125. The van der Waals surface area contributed by atoms with Gasteiger partial charge in [-0.05, 0) is 0 Å². The molecule has 1 heterocycles. The van der Waals surface area contributed by atoms with Gasteiger partial charge in [-0.15, -0.1) is 0 Å². The van der Waals surface area contributed by atoms with E-state index in [2.05, 4.69) is 9.72 Å². The van der Waals surface area contributed by atoms with Gasteiger partial charge in [0.25, 0.3) is 0 Å². The van der Waals surface area contributed by atoms with Crippen LogP contribution >= 0.6 is 11.6 Å². The molecule has 0 aliphatic heterocycles. The van der Waals surface area contributed by atoms with Crippen molar-refractivity contribution in [1.82, 2.24) is 4.98 Å². The van der Waals surface area contributed by atoms with Gasteiger partial charge in [-0.3, -0.25) is 4.98 Å². The monoisotopic (exact) mass is 196 g/mol. The summed E-state index contributed by atoms with van der Waals surface area (Å²) in [5.41, 5.74) is 0.168. The van der Waals surface area contributed by atoms with Gasteiger partial charge in [-0.2, -0.15) is 5.26 Å². The molecule has 66 valence electrons. The molecule has 0 fully saturated rings. The van der Waals surface area contributed by atoms with Crippen molar-refractivity contribution in [2.75, 3.05) is 7.11 Å². The van der Waals surface area contributed by atoms with Crippen LogP contribution in [0.4, 0.5) is 0 Å². The largest absolute Gasteiger partial charge is 0.465 e. The number of carbonyl (C=O) groups is 1. The summed E-state index contributed by atoms with van der Waals surface area (Å²) >= 11 is 5.67. The normalized spacial score (nSPS) is 9.00. The third kappa shape index (κ3) is 1.76. The van der Waals surface area contributed by atoms with E-state index in [9.17, 15) is 4.79 Å². The first-order valence-corrected chi connectivity index (χ1v) is 3.70. The van der Waals surface area contributed by atoms with Gasteiger partial charge in [0.1, 0.15) is 6.07 Å². The predicted octanol–water partition coefficient (Wildman–Crippen LogP) is 1.39. The van der Waals surface area contributed by atoms with E-state index in [1.807, 2.05) is 0 Å². The summed E-state index contributed by atoms with van der Waals surface area (Å²) in [6.45, 7) is 0. The van der Waals surface area contributed by atoms with Crippen LogP contribution in [-0.4, -0.2) is 18.1 Å². The Kier molecular flexibility index (Phi) is 2.83. The Morgan fingerprint density at radius 1 is 1.69 bits per heavy atom. The van der Waals surface area contributed by atoms with Crippen molar-refractivity contribution in [3.8, 4) is 6.07 Å². The first kappa shape index (κ1) is 9.49. The van der Waals surface area contributed by atoms with Gasteiger partial charge in [-0.25, -0.2) is 4.79 Å². The molecule has 0 amide bonds. The maximum atomic E-state index is 11.1. The second-order valence-electron chi connectivity index (χ2n) is 2.15. The summed E-state index contributed by atoms with van der Waals surface area (Å²) in [5, 5.41) is 8.75. The van der Waals surface area contributed by atoms with Crippen molar-refractivity contribution in [3.05, 3.63) is 28.5 Å². The van der Waals surface area contributed by atoms with Crippen molar-refractivity contribution in [1.29, 1.82) is 5.26 Å². The molecule has 4 nitrogen and oxygen atoms in total. The molecular formula is C8H5ClN2O2. The minimum atomic E-state index is -0.635. The molecule has 0 saturated carbocycles. The highest BCUT2D eigenvalue weighted by atomic mass is 35.5. The zero-order valence-corrected chi connectivity index (χ0v) is 7.50. The SMILES string of the molecule is COC(=O)c1c(Cl)cncc1C#N. The standard InChI is InChI=1S/C8H5ClN2O2/c1-13-8(12)7-5(2-10)3-11-4-6(7)9/h3-4H,1H3. The number of methoxy groups -OCH3 is 1. The van der Waals surface area contributed by atoms with Crippen LogP contribution in [0, 0.1) is 11.3 Å². The predicted molar refractivity (Wildman–Crippen MR) is 45.3 cm³/mol. The van der Waals surface area contributed by atoms with Crippen LogP contribution in [0.3, 0.4) is 0 Å². The van der Waals surface area contributed by atoms with Crippen LogP contribution in [0.2, 0.25) is 5.02 Å². The molecule has 0 aliphatic carbocycles. The zero-order chi connectivity index (χ0) is 9.84. The number of halogens is 1. The van der Waals surface area contributed by atoms with E-state index in [1.54, 1.807) is 6.07 Å². The average Bonchev–Trinajstić information content (AvgIpc) is 2.16. The molecule has 0 bridgehead atoms. The number of pyridine rings is 1. The van der Waals surface area contributed by atoms with Gasteiger partial charge in [0, 0.05) is 12.4 Å². The minimum Gasteiger partial charge on any atom is -0.465 e. The summed E-state index contributed by atoms with van der Waals surface area (Å²) in [4.78, 5) is 14.8. The average molecular weight is 197 g/mol. The number of hydrogen-bond acceptors (Lipinski definition) is 4. The van der Waals surface area contributed by atoms with Crippen molar-refractivity contribution in [2.24, 2.45) is 0 Å². The van der Waals surface area contributed by atoms with Gasteiger partial charge in [0.2, 0.25) is 0 Å². The summed E-state index contributed by atoms with van der Waals surface area (Å²) in [6.07, 6.45) is 2.55. The third-order valence-electron chi connectivity index (χ3n) is 1.41. The number of aromatic nitrogens is 1. The molecule has 0 aromatic carbocycles. The highest BCUT2D eigenvalue weighted by Gasteiger charge is 2.15. The van der Waals surface area contributed by atoms with E-state index >= 15 is 0 Å². The highest BCUT2D eigenvalue weighted by Crippen LogP contribution is 2.18. The van der Waals surface area contributed by atoms with Gasteiger partial charge >= 0.3 is 5.97 Å². The summed E-state index contributed by atoms with van der Waals surface area (Å²) in [7, 11) is 1.22. The number of hydrogen-bond donors (Lipinski definition) is 0. The minimum absolute atomic E-state index is 0.0571. The number of carbonyl (C=O) groups excluding carboxylic acids is 1. The van der Waals surface area contributed by atoms with E-state index < -0.39 is 5.97 Å². The van der Waals surface area contributed by atoms with E-state index in [4.69, 9.17) is 16.9 Å². The Labute approximate surface area is 79.7 Å². The molecule has 1 aromatic heterocycles. The van der Waals surface area contributed by atoms with Crippen molar-refractivity contribution in [2.45, 2.75) is 0 Å². The molecule has 0 unspecified atom stereocenters. The van der Waals surface area contributed by atoms with Crippen molar-refractivity contribution in [3.63, 3.8) is 0 Å². The lowest BCUT2D eigenvalue weighted by Crippen LogP contribution is -2.05. The molecule has 0 atom stereocenters. The van der Waals surface area contributed by atoms with E-state index in [1.165, 1.54) is 19.5 Å². The Balaban J connectivity index is 3.33. The van der Waals surface area contributed by atoms with Crippen molar-refractivity contribution < 1.29 is 9.53 Å². The molecule has 0 N–H and O–H groups in total. The lowest BCUT2D eigenvalue weighted by atomic mass is 10.1. The smallest absolute Gasteiger partial charge is 0.340 e.